The summed E-state index contributed by atoms with van der Waals surface area (Å²) in [7, 11) is 0. The second-order valence-electron chi connectivity index (χ2n) is 5.28. The Labute approximate surface area is 140 Å². The Morgan fingerprint density at radius 1 is 1.09 bits per heavy atom. The van der Waals surface area contributed by atoms with E-state index in [0.29, 0.717) is 16.6 Å². The summed E-state index contributed by atoms with van der Waals surface area (Å²) < 4.78 is 0. The van der Waals surface area contributed by atoms with E-state index < -0.39 is 0 Å². The number of halogens is 2. The van der Waals surface area contributed by atoms with Gasteiger partial charge in [0.25, 0.3) is 0 Å². The molecule has 0 radical (unpaired) electrons. The summed E-state index contributed by atoms with van der Waals surface area (Å²) in [5.74, 6) is 0.000481. The number of fused-ring (bicyclic) bond motifs is 1. The summed E-state index contributed by atoms with van der Waals surface area (Å²) in [6.07, 6.45) is 4.21. The lowest BCUT2D eigenvalue weighted by Crippen LogP contribution is -2.34. The molecule has 1 heterocycles. The molecule has 2 aromatic rings. The molecule has 1 aliphatic rings. The number of carbonyl (C=O) groups is 1. The number of amides is 1. The lowest BCUT2D eigenvalue weighted by Gasteiger charge is -2.27. The molecule has 3 rings (SSSR count). The molecule has 0 saturated heterocycles. The molecule has 112 valence electrons. The van der Waals surface area contributed by atoms with Crippen LogP contribution in [-0.4, -0.2) is 17.4 Å². The van der Waals surface area contributed by atoms with E-state index in [9.17, 15) is 4.79 Å². The van der Waals surface area contributed by atoms with E-state index in [0.717, 1.165) is 18.5 Å². The first kappa shape index (κ1) is 15.1. The molecule has 0 atom stereocenters. The van der Waals surface area contributed by atoms with Gasteiger partial charge < -0.3 is 4.90 Å². The number of nitrogens with zero attached hydrogens (tertiary/aromatic N) is 1. The summed E-state index contributed by atoms with van der Waals surface area (Å²) >= 11 is 12.0. The van der Waals surface area contributed by atoms with E-state index in [4.69, 9.17) is 23.2 Å². The molecule has 0 spiro atoms. The Kier molecular flexibility index (Phi) is 4.51. The Hall–Kier alpha value is -1.77. The zero-order valence-electron chi connectivity index (χ0n) is 11.9. The molecule has 2 aromatic carbocycles. The fraction of sp³-hybridized carbons (Fsp3) is 0.167. The highest BCUT2D eigenvalue weighted by Gasteiger charge is 2.18. The van der Waals surface area contributed by atoms with Crippen LogP contribution in [0.4, 0.5) is 0 Å². The highest BCUT2D eigenvalue weighted by atomic mass is 35.5. The Morgan fingerprint density at radius 3 is 2.64 bits per heavy atom. The van der Waals surface area contributed by atoms with Gasteiger partial charge in [-0.25, -0.2) is 0 Å². The van der Waals surface area contributed by atoms with Gasteiger partial charge in [-0.15, -0.1) is 0 Å². The molecule has 0 aliphatic carbocycles. The Bertz CT molecular complexity index is 740. The summed E-state index contributed by atoms with van der Waals surface area (Å²) in [5, 5.41) is 1.13. The van der Waals surface area contributed by atoms with E-state index in [1.54, 1.807) is 30.4 Å². The third kappa shape index (κ3) is 3.34. The quantitative estimate of drug-likeness (QED) is 0.737. The fourth-order valence-electron chi connectivity index (χ4n) is 2.59. The van der Waals surface area contributed by atoms with Crippen molar-refractivity contribution >= 4 is 35.2 Å². The summed E-state index contributed by atoms with van der Waals surface area (Å²) in [6, 6.07) is 13.5. The van der Waals surface area contributed by atoms with E-state index in [1.165, 1.54) is 11.1 Å². The molecule has 1 aliphatic heterocycles. The van der Waals surface area contributed by atoms with Gasteiger partial charge in [0.15, 0.2) is 0 Å². The van der Waals surface area contributed by atoms with Crippen LogP contribution in [0.5, 0.6) is 0 Å². The van der Waals surface area contributed by atoms with Crippen molar-refractivity contribution in [1.82, 2.24) is 4.90 Å². The van der Waals surface area contributed by atoms with Crippen molar-refractivity contribution in [2.75, 3.05) is 6.54 Å². The van der Waals surface area contributed by atoms with E-state index in [1.807, 2.05) is 17.0 Å². The first-order valence-corrected chi connectivity index (χ1v) is 7.88. The number of hydrogen-bond donors (Lipinski definition) is 0. The standard InChI is InChI=1S/C18H15Cl2NO/c19-16-7-5-14(17(20)11-16)6-8-18(22)21-10-9-13-3-1-2-4-15(13)12-21/h1-8,11H,9-10,12H2. The van der Waals surface area contributed by atoms with Crippen LogP contribution in [-0.2, 0) is 17.8 Å². The van der Waals surface area contributed by atoms with Crippen molar-refractivity contribution in [3.05, 3.63) is 75.3 Å². The van der Waals surface area contributed by atoms with Crippen LogP contribution in [0.1, 0.15) is 16.7 Å². The molecular formula is C18H15Cl2NO. The average Bonchev–Trinajstić information content (AvgIpc) is 2.53. The van der Waals surface area contributed by atoms with E-state index >= 15 is 0 Å². The molecule has 1 amide bonds. The molecule has 22 heavy (non-hydrogen) atoms. The predicted octanol–water partition coefficient (Wildman–Crippen LogP) is 4.59. The number of hydrogen-bond acceptors (Lipinski definition) is 1. The van der Waals surface area contributed by atoms with E-state index in [-0.39, 0.29) is 5.91 Å². The lowest BCUT2D eigenvalue weighted by atomic mass is 10.00. The van der Waals surface area contributed by atoms with Gasteiger partial charge >= 0.3 is 0 Å². The zero-order valence-corrected chi connectivity index (χ0v) is 13.4. The van der Waals surface area contributed by atoms with Gasteiger partial charge in [0.05, 0.1) is 0 Å². The average molecular weight is 332 g/mol. The predicted molar refractivity (Wildman–Crippen MR) is 91.1 cm³/mol. The summed E-state index contributed by atoms with van der Waals surface area (Å²) in [6.45, 7) is 1.40. The van der Waals surface area contributed by atoms with Crippen molar-refractivity contribution in [2.24, 2.45) is 0 Å². The van der Waals surface area contributed by atoms with Gasteiger partial charge in [-0.2, -0.15) is 0 Å². The fourth-order valence-corrected chi connectivity index (χ4v) is 3.06. The summed E-state index contributed by atoms with van der Waals surface area (Å²) in [4.78, 5) is 14.2. The maximum absolute atomic E-state index is 12.3. The van der Waals surface area contributed by atoms with Crippen LogP contribution in [0.2, 0.25) is 10.0 Å². The van der Waals surface area contributed by atoms with Crippen LogP contribution in [0.15, 0.2) is 48.5 Å². The second kappa shape index (κ2) is 6.55. The van der Waals surface area contributed by atoms with Crippen LogP contribution >= 0.6 is 23.2 Å². The van der Waals surface area contributed by atoms with Gasteiger partial charge in [0, 0.05) is 29.2 Å². The van der Waals surface area contributed by atoms with Crippen LogP contribution in [0.3, 0.4) is 0 Å². The zero-order chi connectivity index (χ0) is 15.5. The van der Waals surface area contributed by atoms with Crippen molar-refractivity contribution in [2.45, 2.75) is 13.0 Å². The largest absolute Gasteiger partial charge is 0.334 e. The molecule has 0 N–H and O–H groups in total. The topological polar surface area (TPSA) is 20.3 Å². The highest BCUT2D eigenvalue weighted by molar-refractivity contribution is 6.35. The molecule has 0 unspecified atom stereocenters. The summed E-state index contributed by atoms with van der Waals surface area (Å²) in [5.41, 5.74) is 3.34. The Balaban J connectivity index is 1.71. The van der Waals surface area contributed by atoms with Gasteiger partial charge in [0.1, 0.15) is 0 Å². The molecule has 4 heteroatoms. The van der Waals surface area contributed by atoms with Gasteiger partial charge in [-0.1, -0.05) is 53.5 Å². The first-order valence-electron chi connectivity index (χ1n) is 7.12. The molecule has 0 bridgehead atoms. The SMILES string of the molecule is O=C(C=Cc1ccc(Cl)cc1Cl)N1CCc2ccccc2C1. The maximum Gasteiger partial charge on any atom is 0.246 e. The Morgan fingerprint density at radius 2 is 1.86 bits per heavy atom. The normalized spacial score (nSPS) is 14.2. The highest BCUT2D eigenvalue weighted by Crippen LogP contribution is 2.23. The van der Waals surface area contributed by atoms with Gasteiger partial charge in [-0.3, -0.25) is 4.79 Å². The minimum Gasteiger partial charge on any atom is -0.334 e. The maximum atomic E-state index is 12.3. The first-order chi connectivity index (χ1) is 10.6. The molecule has 0 saturated carbocycles. The van der Waals surface area contributed by atoms with Gasteiger partial charge in [-0.05, 0) is 41.3 Å². The molecular weight excluding hydrogens is 317 g/mol. The van der Waals surface area contributed by atoms with Crippen LogP contribution in [0.25, 0.3) is 6.08 Å². The third-order valence-corrected chi connectivity index (χ3v) is 4.37. The van der Waals surface area contributed by atoms with Gasteiger partial charge in [0.2, 0.25) is 5.91 Å². The molecule has 0 fully saturated rings. The van der Waals surface area contributed by atoms with Crippen molar-refractivity contribution in [3.8, 4) is 0 Å². The molecule has 2 nitrogen and oxygen atoms in total. The van der Waals surface area contributed by atoms with Crippen molar-refractivity contribution < 1.29 is 4.79 Å². The van der Waals surface area contributed by atoms with Crippen molar-refractivity contribution in [3.63, 3.8) is 0 Å². The lowest BCUT2D eigenvalue weighted by molar-refractivity contribution is -0.126. The smallest absolute Gasteiger partial charge is 0.246 e. The minimum absolute atomic E-state index is 0.000481. The number of benzene rings is 2. The van der Waals surface area contributed by atoms with Crippen LogP contribution in [0, 0.1) is 0 Å². The molecule has 0 aromatic heterocycles. The second-order valence-corrected chi connectivity index (χ2v) is 6.12. The number of rotatable bonds is 2. The van der Waals surface area contributed by atoms with Crippen LogP contribution < -0.4 is 0 Å². The third-order valence-electron chi connectivity index (χ3n) is 3.81. The monoisotopic (exact) mass is 331 g/mol. The van der Waals surface area contributed by atoms with Crippen molar-refractivity contribution in [1.29, 1.82) is 0 Å². The minimum atomic E-state index is 0.000481. The number of carbonyl (C=O) groups excluding carboxylic acids is 1. The van der Waals surface area contributed by atoms with E-state index in [2.05, 4.69) is 12.1 Å².